The Morgan fingerprint density at radius 3 is 2.47 bits per heavy atom. The number of fused-ring (bicyclic) bond motifs is 1. The van der Waals surface area contributed by atoms with Crippen molar-refractivity contribution in [3.05, 3.63) is 90.5 Å². The molecule has 2 aromatic heterocycles. The van der Waals surface area contributed by atoms with E-state index < -0.39 is 0 Å². The fourth-order valence-electron chi connectivity index (χ4n) is 4.45. The molecule has 32 heavy (non-hydrogen) atoms. The largest absolute Gasteiger partial charge is 0.497 e. The summed E-state index contributed by atoms with van der Waals surface area (Å²) in [7, 11) is 1.68. The predicted molar refractivity (Wildman–Crippen MR) is 126 cm³/mol. The summed E-state index contributed by atoms with van der Waals surface area (Å²) in [5, 5.41) is 0. The minimum atomic E-state index is 0.255. The highest BCUT2D eigenvalue weighted by atomic mass is 16.5. The zero-order valence-corrected chi connectivity index (χ0v) is 18.3. The summed E-state index contributed by atoms with van der Waals surface area (Å²) in [5.41, 5.74) is 5.62. The second-order valence-corrected chi connectivity index (χ2v) is 8.11. The van der Waals surface area contributed by atoms with Crippen LogP contribution >= 0.6 is 0 Å². The first kappa shape index (κ1) is 20.5. The topological polar surface area (TPSA) is 49.2 Å². The molecule has 0 aliphatic carbocycles. The van der Waals surface area contributed by atoms with Crippen molar-refractivity contribution in [1.82, 2.24) is 14.5 Å². The van der Waals surface area contributed by atoms with E-state index >= 15 is 0 Å². The lowest BCUT2D eigenvalue weighted by atomic mass is 10.0. The Bertz CT molecular complexity index is 1150. The molecule has 0 amide bonds. The van der Waals surface area contributed by atoms with E-state index in [1.165, 1.54) is 0 Å². The van der Waals surface area contributed by atoms with Crippen molar-refractivity contribution in [3.63, 3.8) is 0 Å². The number of hydrogen-bond acceptors (Lipinski definition) is 4. The van der Waals surface area contributed by atoms with Crippen LogP contribution in [0.2, 0.25) is 0 Å². The number of rotatable bonds is 7. The van der Waals surface area contributed by atoms with Crippen LogP contribution in [0.25, 0.3) is 22.5 Å². The van der Waals surface area contributed by atoms with E-state index in [0.717, 1.165) is 58.9 Å². The van der Waals surface area contributed by atoms with Gasteiger partial charge in [0.1, 0.15) is 11.6 Å². The monoisotopic (exact) mass is 425 g/mol. The van der Waals surface area contributed by atoms with Crippen LogP contribution in [0.3, 0.4) is 0 Å². The summed E-state index contributed by atoms with van der Waals surface area (Å²) < 4.78 is 13.9. The number of pyridine rings is 1. The Morgan fingerprint density at radius 2 is 1.72 bits per heavy atom. The van der Waals surface area contributed by atoms with Crippen LogP contribution in [0.5, 0.6) is 5.75 Å². The van der Waals surface area contributed by atoms with Crippen LogP contribution in [0.1, 0.15) is 30.3 Å². The quantitative estimate of drug-likeness (QED) is 0.380. The molecule has 1 aliphatic rings. The lowest BCUT2D eigenvalue weighted by Gasteiger charge is -2.27. The van der Waals surface area contributed by atoms with Gasteiger partial charge in [-0.1, -0.05) is 42.5 Å². The molecular weight excluding hydrogens is 398 g/mol. The normalized spacial score (nSPS) is 15.3. The summed E-state index contributed by atoms with van der Waals surface area (Å²) >= 11 is 0. The smallest absolute Gasteiger partial charge is 0.118 e. The SMILES string of the molecule is COc1ccc(COC[C@@H]2CCCc3nc(-c4ccccc4)c(-c4ccncc4)n32)cc1. The Hall–Kier alpha value is -3.44. The van der Waals surface area contributed by atoms with E-state index in [0.29, 0.717) is 13.2 Å². The second-order valence-electron chi connectivity index (χ2n) is 8.11. The van der Waals surface area contributed by atoms with Crippen LogP contribution < -0.4 is 4.74 Å². The lowest BCUT2D eigenvalue weighted by molar-refractivity contribution is 0.0827. The summed E-state index contributed by atoms with van der Waals surface area (Å²) in [5.74, 6) is 2.00. The van der Waals surface area contributed by atoms with Crippen LogP contribution in [0.4, 0.5) is 0 Å². The van der Waals surface area contributed by atoms with Gasteiger partial charge in [-0.05, 0) is 42.7 Å². The molecule has 0 bridgehead atoms. The van der Waals surface area contributed by atoms with Crippen molar-refractivity contribution < 1.29 is 9.47 Å². The molecule has 3 heterocycles. The zero-order valence-electron chi connectivity index (χ0n) is 18.3. The van der Waals surface area contributed by atoms with Crippen molar-refractivity contribution in [1.29, 1.82) is 0 Å². The van der Waals surface area contributed by atoms with Gasteiger partial charge in [0.25, 0.3) is 0 Å². The number of benzene rings is 2. The maximum Gasteiger partial charge on any atom is 0.118 e. The number of nitrogens with zero attached hydrogens (tertiary/aromatic N) is 3. The van der Waals surface area contributed by atoms with Gasteiger partial charge in [-0.2, -0.15) is 0 Å². The highest BCUT2D eigenvalue weighted by Crippen LogP contribution is 2.38. The van der Waals surface area contributed by atoms with Gasteiger partial charge < -0.3 is 14.0 Å². The van der Waals surface area contributed by atoms with Gasteiger partial charge in [0.2, 0.25) is 0 Å². The lowest BCUT2D eigenvalue weighted by Crippen LogP contribution is -2.23. The third-order valence-corrected chi connectivity index (χ3v) is 6.03. The Morgan fingerprint density at radius 1 is 0.938 bits per heavy atom. The molecule has 162 valence electrons. The van der Waals surface area contributed by atoms with Crippen molar-refractivity contribution in [2.24, 2.45) is 0 Å². The molecule has 0 N–H and O–H groups in total. The van der Waals surface area contributed by atoms with Gasteiger partial charge in [-0.25, -0.2) is 4.98 Å². The first-order valence-electron chi connectivity index (χ1n) is 11.1. The molecule has 0 fully saturated rings. The van der Waals surface area contributed by atoms with Crippen LogP contribution in [-0.4, -0.2) is 28.3 Å². The number of aromatic nitrogens is 3. The maximum atomic E-state index is 6.19. The van der Waals surface area contributed by atoms with Crippen LogP contribution in [0, 0.1) is 0 Å². The molecule has 4 aromatic rings. The van der Waals surface area contributed by atoms with Crippen LogP contribution in [-0.2, 0) is 17.8 Å². The molecule has 1 atom stereocenters. The Labute approximate surface area is 188 Å². The fourth-order valence-corrected chi connectivity index (χ4v) is 4.45. The van der Waals surface area contributed by atoms with Gasteiger partial charge in [0.15, 0.2) is 0 Å². The molecule has 0 spiro atoms. The van der Waals surface area contributed by atoms with Gasteiger partial charge in [-0.3, -0.25) is 4.98 Å². The number of imidazole rings is 1. The van der Waals surface area contributed by atoms with Crippen molar-refractivity contribution in [2.75, 3.05) is 13.7 Å². The van der Waals surface area contributed by atoms with E-state index in [1.807, 2.05) is 30.6 Å². The predicted octanol–water partition coefficient (Wildman–Crippen LogP) is 5.71. The third-order valence-electron chi connectivity index (χ3n) is 6.03. The highest BCUT2D eigenvalue weighted by molar-refractivity contribution is 5.79. The molecule has 0 saturated carbocycles. The molecule has 5 nitrogen and oxygen atoms in total. The number of hydrogen-bond donors (Lipinski definition) is 0. The van der Waals surface area contributed by atoms with Gasteiger partial charge in [0.05, 0.1) is 37.8 Å². The minimum absolute atomic E-state index is 0.255. The highest BCUT2D eigenvalue weighted by Gasteiger charge is 2.28. The fraction of sp³-hybridized carbons (Fsp3) is 0.259. The minimum Gasteiger partial charge on any atom is -0.497 e. The van der Waals surface area contributed by atoms with E-state index in [1.54, 1.807) is 7.11 Å². The number of aryl methyl sites for hydroxylation is 1. The first-order valence-corrected chi connectivity index (χ1v) is 11.1. The molecule has 1 aliphatic heterocycles. The van der Waals surface area contributed by atoms with E-state index in [4.69, 9.17) is 14.5 Å². The Balaban J connectivity index is 1.45. The number of ether oxygens (including phenoxy) is 2. The van der Waals surface area contributed by atoms with Gasteiger partial charge in [0, 0.05) is 29.9 Å². The van der Waals surface area contributed by atoms with Crippen molar-refractivity contribution in [3.8, 4) is 28.3 Å². The molecular formula is C27H27N3O2. The number of methoxy groups -OCH3 is 1. The molecule has 0 saturated heterocycles. The van der Waals surface area contributed by atoms with E-state index in [9.17, 15) is 0 Å². The molecule has 5 heteroatoms. The first-order chi connectivity index (χ1) is 15.8. The standard InChI is InChI=1S/C27H27N3O2/c1-31-24-12-10-20(11-13-24)18-32-19-23-8-5-9-25-29-26(21-6-3-2-4-7-21)27(30(23)25)22-14-16-28-17-15-22/h2-4,6-7,10-17,23H,5,8-9,18-19H2,1H3/t23-/m0/s1. The third kappa shape index (κ3) is 4.16. The van der Waals surface area contributed by atoms with Gasteiger partial charge in [-0.15, -0.1) is 0 Å². The molecule has 0 radical (unpaired) electrons. The van der Waals surface area contributed by atoms with Gasteiger partial charge >= 0.3 is 0 Å². The zero-order chi connectivity index (χ0) is 21.8. The molecule has 0 unspecified atom stereocenters. The average molecular weight is 426 g/mol. The molecule has 5 rings (SSSR count). The van der Waals surface area contributed by atoms with Crippen molar-refractivity contribution in [2.45, 2.75) is 31.9 Å². The average Bonchev–Trinajstić information content (AvgIpc) is 3.26. The molecule has 2 aromatic carbocycles. The van der Waals surface area contributed by atoms with Crippen molar-refractivity contribution >= 4 is 0 Å². The summed E-state index contributed by atoms with van der Waals surface area (Å²) in [6.07, 6.45) is 6.89. The summed E-state index contributed by atoms with van der Waals surface area (Å²) in [4.78, 5) is 9.33. The van der Waals surface area contributed by atoms with E-state index in [2.05, 4.69) is 58.1 Å². The summed E-state index contributed by atoms with van der Waals surface area (Å²) in [6.45, 7) is 1.24. The maximum absolute atomic E-state index is 6.19. The second kappa shape index (κ2) is 9.37. The summed E-state index contributed by atoms with van der Waals surface area (Å²) in [6, 6.07) is 22.9. The Kier molecular flexibility index (Phi) is 5.99. The van der Waals surface area contributed by atoms with Crippen LogP contribution in [0.15, 0.2) is 79.1 Å². The van der Waals surface area contributed by atoms with E-state index in [-0.39, 0.29) is 6.04 Å².